The Morgan fingerprint density at radius 3 is 2.69 bits per heavy atom. The second kappa shape index (κ2) is 6.63. The Bertz CT molecular complexity index is 908. The van der Waals surface area contributed by atoms with Crippen molar-refractivity contribution in [1.82, 2.24) is 15.1 Å². The maximum absolute atomic E-state index is 13.4. The average molecular weight is 350 g/mol. The molecule has 1 N–H and O–H groups in total. The van der Waals surface area contributed by atoms with Gasteiger partial charge in [0.25, 0.3) is 0 Å². The zero-order valence-corrected chi connectivity index (χ0v) is 14.4. The van der Waals surface area contributed by atoms with Gasteiger partial charge in [0.05, 0.1) is 12.2 Å². The number of urea groups is 1. The molecule has 1 unspecified atom stereocenters. The lowest BCUT2D eigenvalue weighted by Gasteiger charge is -2.21. The topological polar surface area (TPSA) is 52.2 Å². The largest absolute Gasteiger partial charge is 0.325 e. The minimum atomic E-state index is -0.283. The Balaban J connectivity index is 1.52. The van der Waals surface area contributed by atoms with E-state index in [9.17, 15) is 9.18 Å². The lowest BCUT2D eigenvalue weighted by molar-refractivity contribution is 0.218. The summed E-state index contributed by atoms with van der Waals surface area (Å²) in [7, 11) is 0. The summed E-state index contributed by atoms with van der Waals surface area (Å²) in [5.74, 6) is -0.283. The van der Waals surface area contributed by atoms with Crippen LogP contribution in [0, 0.1) is 5.82 Å². The number of aromatic nitrogens is 2. The SMILES string of the molecule is CC1CN(Cc2cccc(F)c2)C(=O)N1c1ccc(-c2cn[nH]c2)cc1. The van der Waals surface area contributed by atoms with Gasteiger partial charge in [0.2, 0.25) is 0 Å². The van der Waals surface area contributed by atoms with Crippen LogP contribution >= 0.6 is 0 Å². The summed E-state index contributed by atoms with van der Waals surface area (Å²) in [5.41, 5.74) is 3.70. The van der Waals surface area contributed by atoms with E-state index in [-0.39, 0.29) is 17.9 Å². The van der Waals surface area contributed by atoms with Gasteiger partial charge < -0.3 is 4.90 Å². The molecule has 0 radical (unpaired) electrons. The Hall–Kier alpha value is -3.15. The molecule has 3 aromatic rings. The third-order valence-electron chi connectivity index (χ3n) is 4.64. The molecular weight excluding hydrogens is 331 g/mol. The first-order valence-corrected chi connectivity index (χ1v) is 8.53. The fourth-order valence-electron chi connectivity index (χ4n) is 3.40. The maximum Gasteiger partial charge on any atom is 0.325 e. The number of nitrogens with one attached hydrogen (secondary N) is 1. The predicted molar refractivity (Wildman–Crippen MR) is 98.2 cm³/mol. The van der Waals surface area contributed by atoms with Gasteiger partial charge in [-0.2, -0.15) is 5.10 Å². The molecule has 1 aliphatic heterocycles. The molecule has 0 aliphatic carbocycles. The number of carbonyl (C=O) groups is 1. The molecule has 2 aromatic carbocycles. The minimum absolute atomic E-state index is 0.0517. The summed E-state index contributed by atoms with van der Waals surface area (Å²) in [4.78, 5) is 16.4. The number of anilines is 1. The highest BCUT2D eigenvalue weighted by atomic mass is 19.1. The Kier molecular flexibility index (Phi) is 4.16. The van der Waals surface area contributed by atoms with E-state index >= 15 is 0 Å². The van der Waals surface area contributed by atoms with E-state index in [1.165, 1.54) is 12.1 Å². The van der Waals surface area contributed by atoms with E-state index in [0.717, 1.165) is 22.4 Å². The molecule has 5 nitrogen and oxygen atoms in total. The molecule has 4 rings (SSSR count). The minimum Gasteiger partial charge on any atom is -0.318 e. The molecule has 1 saturated heterocycles. The van der Waals surface area contributed by atoms with E-state index in [1.807, 2.05) is 43.5 Å². The molecule has 1 aliphatic rings. The molecule has 0 saturated carbocycles. The first kappa shape index (κ1) is 16.3. The van der Waals surface area contributed by atoms with Crippen molar-refractivity contribution in [3.8, 4) is 11.1 Å². The molecule has 0 spiro atoms. The third kappa shape index (κ3) is 3.06. The van der Waals surface area contributed by atoms with Crippen LogP contribution in [-0.2, 0) is 6.54 Å². The van der Waals surface area contributed by atoms with Crippen LogP contribution in [0.3, 0.4) is 0 Å². The normalized spacial score (nSPS) is 17.2. The van der Waals surface area contributed by atoms with Gasteiger partial charge in [0.1, 0.15) is 5.82 Å². The van der Waals surface area contributed by atoms with E-state index in [0.29, 0.717) is 13.1 Å². The van der Waals surface area contributed by atoms with Crippen molar-refractivity contribution in [1.29, 1.82) is 0 Å². The number of carbonyl (C=O) groups excluding carboxylic acids is 1. The second-order valence-corrected chi connectivity index (χ2v) is 6.55. The van der Waals surface area contributed by atoms with Gasteiger partial charge in [0, 0.05) is 30.5 Å². The predicted octanol–water partition coefficient (Wildman–Crippen LogP) is 4.05. The van der Waals surface area contributed by atoms with Crippen LogP contribution in [-0.4, -0.2) is 33.7 Å². The van der Waals surface area contributed by atoms with Crippen molar-refractivity contribution in [2.24, 2.45) is 0 Å². The monoisotopic (exact) mass is 350 g/mol. The van der Waals surface area contributed by atoms with Gasteiger partial charge >= 0.3 is 6.03 Å². The summed E-state index contributed by atoms with van der Waals surface area (Å²) in [5, 5.41) is 6.75. The lowest BCUT2D eigenvalue weighted by Crippen LogP contribution is -2.33. The molecule has 26 heavy (non-hydrogen) atoms. The number of benzene rings is 2. The standard InChI is InChI=1S/C20H19FN4O/c1-14-12-24(13-15-3-2-4-18(21)9-15)20(26)25(14)19-7-5-16(6-8-19)17-10-22-23-11-17/h2-11,14H,12-13H2,1H3,(H,22,23). The summed E-state index contributed by atoms with van der Waals surface area (Å²) in [6.45, 7) is 3.04. The van der Waals surface area contributed by atoms with Gasteiger partial charge in [-0.1, -0.05) is 24.3 Å². The molecule has 132 valence electrons. The summed E-state index contributed by atoms with van der Waals surface area (Å²) in [6, 6.07) is 14.2. The fourth-order valence-corrected chi connectivity index (χ4v) is 3.40. The number of nitrogens with zero attached hydrogens (tertiary/aromatic N) is 3. The van der Waals surface area contributed by atoms with Crippen LogP contribution in [0.4, 0.5) is 14.9 Å². The van der Waals surface area contributed by atoms with Gasteiger partial charge in [-0.25, -0.2) is 9.18 Å². The highest BCUT2D eigenvalue weighted by molar-refractivity contribution is 5.95. The number of hydrogen-bond acceptors (Lipinski definition) is 2. The van der Waals surface area contributed by atoms with Gasteiger partial charge in [-0.05, 0) is 42.3 Å². The van der Waals surface area contributed by atoms with E-state index < -0.39 is 0 Å². The number of hydrogen-bond donors (Lipinski definition) is 1. The van der Waals surface area contributed by atoms with Crippen LogP contribution in [0.1, 0.15) is 12.5 Å². The summed E-state index contributed by atoms with van der Waals surface area (Å²) in [6.07, 6.45) is 3.60. The van der Waals surface area contributed by atoms with E-state index in [4.69, 9.17) is 0 Å². The average Bonchev–Trinajstić information content (AvgIpc) is 3.25. The van der Waals surface area contributed by atoms with Crippen LogP contribution in [0.5, 0.6) is 0 Å². The third-order valence-corrected chi connectivity index (χ3v) is 4.64. The summed E-state index contributed by atoms with van der Waals surface area (Å²) >= 11 is 0. The molecular formula is C20H19FN4O. The zero-order valence-electron chi connectivity index (χ0n) is 14.4. The second-order valence-electron chi connectivity index (χ2n) is 6.55. The molecule has 1 fully saturated rings. The zero-order chi connectivity index (χ0) is 18.1. The van der Waals surface area contributed by atoms with E-state index in [2.05, 4.69) is 10.2 Å². The lowest BCUT2D eigenvalue weighted by atomic mass is 10.1. The van der Waals surface area contributed by atoms with Crippen molar-refractivity contribution in [2.75, 3.05) is 11.4 Å². The number of amides is 2. The maximum atomic E-state index is 13.4. The highest BCUT2D eigenvalue weighted by Crippen LogP contribution is 2.28. The Morgan fingerprint density at radius 2 is 2.00 bits per heavy atom. The number of H-pyrrole nitrogens is 1. The first-order valence-electron chi connectivity index (χ1n) is 8.53. The Labute approximate surface area is 151 Å². The van der Waals surface area contributed by atoms with Gasteiger partial charge in [-0.15, -0.1) is 0 Å². The van der Waals surface area contributed by atoms with Crippen molar-refractivity contribution in [3.05, 3.63) is 72.3 Å². The van der Waals surface area contributed by atoms with Crippen molar-refractivity contribution >= 4 is 11.7 Å². The molecule has 0 bridgehead atoms. The van der Waals surface area contributed by atoms with Crippen LogP contribution in [0.15, 0.2) is 60.9 Å². The molecule has 1 atom stereocenters. The first-order chi connectivity index (χ1) is 12.6. The smallest absolute Gasteiger partial charge is 0.318 e. The number of aromatic amines is 1. The Morgan fingerprint density at radius 1 is 1.19 bits per heavy atom. The van der Waals surface area contributed by atoms with Crippen LogP contribution < -0.4 is 4.90 Å². The molecule has 2 heterocycles. The van der Waals surface area contributed by atoms with E-state index in [1.54, 1.807) is 22.1 Å². The number of rotatable bonds is 4. The quantitative estimate of drug-likeness (QED) is 0.772. The fraction of sp³-hybridized carbons (Fsp3) is 0.200. The van der Waals surface area contributed by atoms with Gasteiger partial charge in [-0.3, -0.25) is 10.00 Å². The van der Waals surface area contributed by atoms with Crippen LogP contribution in [0.2, 0.25) is 0 Å². The van der Waals surface area contributed by atoms with Crippen molar-refractivity contribution in [3.63, 3.8) is 0 Å². The molecule has 6 heteroatoms. The van der Waals surface area contributed by atoms with Crippen LogP contribution in [0.25, 0.3) is 11.1 Å². The van der Waals surface area contributed by atoms with Crippen molar-refractivity contribution < 1.29 is 9.18 Å². The summed E-state index contributed by atoms with van der Waals surface area (Å²) < 4.78 is 13.4. The molecule has 2 amide bonds. The van der Waals surface area contributed by atoms with Gasteiger partial charge in [0.15, 0.2) is 0 Å². The number of halogens is 1. The van der Waals surface area contributed by atoms with Crippen molar-refractivity contribution in [2.45, 2.75) is 19.5 Å². The molecule has 1 aromatic heterocycles. The highest BCUT2D eigenvalue weighted by Gasteiger charge is 2.35.